The predicted molar refractivity (Wildman–Crippen MR) is 77.7 cm³/mol. The molecule has 1 aliphatic rings. The Labute approximate surface area is 118 Å². The molecule has 0 atom stereocenters. The standard InChI is InChI=1S/C14H19N5O/c1-2-4-13-12(3-1)17-14(19-18-13)16-9-10-20-11-5-7-15-8-6-11/h1-4,11,15H,5-10H2,(H,16,17,19). The Balaban J connectivity index is 1.47. The monoisotopic (exact) mass is 273 g/mol. The first-order valence-electron chi connectivity index (χ1n) is 7.07. The second-order valence-electron chi connectivity index (χ2n) is 4.87. The minimum atomic E-state index is 0.383. The Bertz CT molecular complexity index is 556. The van der Waals surface area contributed by atoms with Crippen molar-refractivity contribution in [3.05, 3.63) is 24.3 Å². The van der Waals surface area contributed by atoms with E-state index in [1.165, 1.54) is 0 Å². The second kappa shape index (κ2) is 6.58. The summed E-state index contributed by atoms with van der Waals surface area (Å²) >= 11 is 0. The van der Waals surface area contributed by atoms with E-state index in [0.29, 0.717) is 25.2 Å². The van der Waals surface area contributed by atoms with Gasteiger partial charge in [-0.25, -0.2) is 4.98 Å². The highest BCUT2D eigenvalue weighted by molar-refractivity contribution is 5.73. The van der Waals surface area contributed by atoms with Crippen LogP contribution in [0, 0.1) is 0 Å². The van der Waals surface area contributed by atoms with E-state index in [9.17, 15) is 0 Å². The Morgan fingerprint density at radius 1 is 1.15 bits per heavy atom. The van der Waals surface area contributed by atoms with Crippen molar-refractivity contribution in [3.63, 3.8) is 0 Å². The van der Waals surface area contributed by atoms with Gasteiger partial charge in [-0.3, -0.25) is 0 Å². The lowest BCUT2D eigenvalue weighted by atomic mass is 10.1. The van der Waals surface area contributed by atoms with Gasteiger partial charge >= 0.3 is 0 Å². The zero-order valence-corrected chi connectivity index (χ0v) is 11.4. The Morgan fingerprint density at radius 3 is 2.80 bits per heavy atom. The van der Waals surface area contributed by atoms with Gasteiger partial charge in [0.25, 0.3) is 0 Å². The summed E-state index contributed by atoms with van der Waals surface area (Å²) in [6, 6.07) is 7.71. The van der Waals surface area contributed by atoms with E-state index in [2.05, 4.69) is 25.8 Å². The maximum atomic E-state index is 5.81. The van der Waals surface area contributed by atoms with Crippen LogP contribution in [0.2, 0.25) is 0 Å². The molecule has 2 N–H and O–H groups in total. The van der Waals surface area contributed by atoms with Gasteiger partial charge in [0, 0.05) is 6.54 Å². The van der Waals surface area contributed by atoms with Crippen LogP contribution in [-0.4, -0.2) is 47.5 Å². The van der Waals surface area contributed by atoms with Crippen molar-refractivity contribution in [3.8, 4) is 0 Å². The van der Waals surface area contributed by atoms with Crippen LogP contribution in [0.15, 0.2) is 24.3 Å². The van der Waals surface area contributed by atoms with E-state index in [1.54, 1.807) is 0 Å². The van der Waals surface area contributed by atoms with Gasteiger partial charge in [-0.2, -0.15) is 0 Å². The largest absolute Gasteiger partial charge is 0.376 e. The van der Waals surface area contributed by atoms with Gasteiger partial charge in [-0.1, -0.05) is 12.1 Å². The molecule has 0 saturated carbocycles. The van der Waals surface area contributed by atoms with Crippen molar-refractivity contribution in [1.29, 1.82) is 0 Å². The Kier molecular flexibility index (Phi) is 4.35. The zero-order valence-electron chi connectivity index (χ0n) is 11.4. The molecular weight excluding hydrogens is 254 g/mol. The number of anilines is 1. The van der Waals surface area contributed by atoms with Crippen LogP contribution in [0.4, 0.5) is 5.95 Å². The molecule has 0 amide bonds. The van der Waals surface area contributed by atoms with E-state index in [4.69, 9.17) is 4.74 Å². The Hall–Kier alpha value is -1.79. The normalized spacial score (nSPS) is 16.4. The van der Waals surface area contributed by atoms with Gasteiger partial charge in [-0.05, 0) is 38.1 Å². The summed E-state index contributed by atoms with van der Waals surface area (Å²) in [6.07, 6.45) is 2.57. The number of ether oxygens (including phenoxy) is 1. The fourth-order valence-electron chi connectivity index (χ4n) is 2.31. The van der Waals surface area contributed by atoms with Crippen LogP contribution in [-0.2, 0) is 4.74 Å². The molecule has 0 radical (unpaired) electrons. The third-order valence-electron chi connectivity index (χ3n) is 3.39. The van der Waals surface area contributed by atoms with Crippen LogP contribution in [0.3, 0.4) is 0 Å². The van der Waals surface area contributed by atoms with Gasteiger partial charge in [0.05, 0.1) is 18.2 Å². The molecule has 6 nitrogen and oxygen atoms in total. The van der Waals surface area contributed by atoms with Gasteiger partial charge in [0.15, 0.2) is 0 Å². The third-order valence-corrected chi connectivity index (χ3v) is 3.39. The molecule has 1 saturated heterocycles. The average molecular weight is 273 g/mol. The maximum absolute atomic E-state index is 5.81. The van der Waals surface area contributed by atoms with Crippen molar-refractivity contribution in [1.82, 2.24) is 20.5 Å². The zero-order chi connectivity index (χ0) is 13.6. The molecule has 6 heteroatoms. The van der Waals surface area contributed by atoms with E-state index < -0.39 is 0 Å². The smallest absolute Gasteiger partial charge is 0.243 e. The van der Waals surface area contributed by atoms with Crippen LogP contribution >= 0.6 is 0 Å². The average Bonchev–Trinajstić information content (AvgIpc) is 2.52. The summed E-state index contributed by atoms with van der Waals surface area (Å²) in [6.45, 7) is 3.47. The SMILES string of the molecule is c1ccc2nc(NCCOC3CCNCC3)nnc2c1. The first kappa shape index (κ1) is 13.2. The highest BCUT2D eigenvalue weighted by Gasteiger charge is 2.12. The number of nitrogens with one attached hydrogen (secondary N) is 2. The summed E-state index contributed by atoms with van der Waals surface area (Å²) in [7, 11) is 0. The van der Waals surface area contributed by atoms with E-state index in [1.807, 2.05) is 24.3 Å². The molecule has 0 spiro atoms. The number of rotatable bonds is 5. The number of hydrogen-bond donors (Lipinski definition) is 2. The first-order valence-corrected chi connectivity index (χ1v) is 7.07. The van der Waals surface area contributed by atoms with E-state index in [-0.39, 0.29) is 0 Å². The minimum Gasteiger partial charge on any atom is -0.376 e. The summed E-state index contributed by atoms with van der Waals surface area (Å²) < 4.78 is 5.81. The number of nitrogens with zero attached hydrogens (tertiary/aromatic N) is 3. The fraction of sp³-hybridized carbons (Fsp3) is 0.500. The quantitative estimate of drug-likeness (QED) is 0.798. The highest BCUT2D eigenvalue weighted by Crippen LogP contribution is 2.09. The highest BCUT2D eigenvalue weighted by atomic mass is 16.5. The van der Waals surface area contributed by atoms with Gasteiger partial charge in [0.2, 0.25) is 5.95 Å². The molecule has 3 rings (SSSR count). The number of piperidine rings is 1. The number of aromatic nitrogens is 3. The van der Waals surface area contributed by atoms with Crippen molar-refractivity contribution in [2.45, 2.75) is 18.9 Å². The van der Waals surface area contributed by atoms with E-state index >= 15 is 0 Å². The Morgan fingerprint density at radius 2 is 1.95 bits per heavy atom. The summed E-state index contributed by atoms with van der Waals surface area (Å²) in [4.78, 5) is 4.41. The molecule has 1 aromatic heterocycles. The summed E-state index contributed by atoms with van der Waals surface area (Å²) in [5.74, 6) is 0.553. The van der Waals surface area contributed by atoms with E-state index in [0.717, 1.165) is 37.0 Å². The molecule has 106 valence electrons. The molecule has 2 heterocycles. The molecule has 0 unspecified atom stereocenters. The number of hydrogen-bond acceptors (Lipinski definition) is 6. The molecule has 2 aromatic rings. The molecule has 1 aliphatic heterocycles. The molecule has 1 fully saturated rings. The molecule has 0 aliphatic carbocycles. The second-order valence-corrected chi connectivity index (χ2v) is 4.87. The number of fused-ring (bicyclic) bond motifs is 1. The molecular formula is C14H19N5O. The summed E-state index contributed by atoms with van der Waals surface area (Å²) in [5.41, 5.74) is 1.66. The summed E-state index contributed by atoms with van der Waals surface area (Å²) in [5, 5.41) is 14.7. The number of para-hydroxylation sites is 1. The molecule has 20 heavy (non-hydrogen) atoms. The fourth-order valence-corrected chi connectivity index (χ4v) is 2.31. The van der Waals surface area contributed by atoms with Gasteiger partial charge in [0.1, 0.15) is 5.52 Å². The predicted octanol–water partition coefficient (Wildman–Crippen LogP) is 1.21. The van der Waals surface area contributed by atoms with Gasteiger partial charge in [-0.15, -0.1) is 10.2 Å². The van der Waals surface area contributed by atoms with Crippen LogP contribution in [0.1, 0.15) is 12.8 Å². The lowest BCUT2D eigenvalue weighted by molar-refractivity contribution is 0.0393. The van der Waals surface area contributed by atoms with Crippen molar-refractivity contribution in [2.24, 2.45) is 0 Å². The van der Waals surface area contributed by atoms with Crippen LogP contribution < -0.4 is 10.6 Å². The number of benzene rings is 1. The first-order chi connectivity index (χ1) is 9.92. The maximum Gasteiger partial charge on any atom is 0.243 e. The minimum absolute atomic E-state index is 0.383. The van der Waals surface area contributed by atoms with Crippen molar-refractivity contribution < 1.29 is 4.74 Å². The van der Waals surface area contributed by atoms with Crippen molar-refractivity contribution in [2.75, 3.05) is 31.6 Å². The molecule has 1 aromatic carbocycles. The van der Waals surface area contributed by atoms with Gasteiger partial charge < -0.3 is 15.4 Å². The lowest BCUT2D eigenvalue weighted by Crippen LogP contribution is -2.33. The third kappa shape index (κ3) is 3.40. The van der Waals surface area contributed by atoms with Crippen LogP contribution in [0.25, 0.3) is 11.0 Å². The lowest BCUT2D eigenvalue weighted by Gasteiger charge is -2.22. The van der Waals surface area contributed by atoms with Crippen molar-refractivity contribution >= 4 is 17.0 Å². The molecule has 0 bridgehead atoms. The topological polar surface area (TPSA) is 72.0 Å². The van der Waals surface area contributed by atoms with Crippen LogP contribution in [0.5, 0.6) is 0 Å².